The van der Waals surface area contributed by atoms with E-state index in [0.29, 0.717) is 12.8 Å². The van der Waals surface area contributed by atoms with Gasteiger partial charge in [0.1, 0.15) is 6.61 Å². The lowest BCUT2D eigenvalue weighted by Crippen LogP contribution is -2.28. The van der Waals surface area contributed by atoms with Crippen molar-refractivity contribution in [2.24, 2.45) is 0 Å². The lowest BCUT2D eigenvalue weighted by atomic mass is 10.0. The maximum atomic E-state index is 12.4. The summed E-state index contributed by atoms with van der Waals surface area (Å²) < 4.78 is 10.8. The molecule has 1 N–H and O–H groups in total. The van der Waals surface area contributed by atoms with Gasteiger partial charge < -0.3 is 14.6 Å². The van der Waals surface area contributed by atoms with Gasteiger partial charge in [-0.05, 0) is 12.8 Å². The number of aliphatic hydroxyl groups is 1. The highest BCUT2D eigenvalue weighted by atomic mass is 16.6. The third-order valence-corrected chi connectivity index (χ3v) is 18.7. The molecule has 496 valence electrons. The maximum Gasteiger partial charge on any atom is 0.306 e. The lowest BCUT2D eigenvalue weighted by molar-refractivity contribution is -0.161. The average Bonchev–Trinajstić information content (AvgIpc) is 3.49. The fraction of sp³-hybridized carbons (Fsp3) is 0.974. The Balaban J connectivity index is 3.32. The highest BCUT2D eigenvalue weighted by molar-refractivity contribution is 5.70. The first kappa shape index (κ1) is 81.9. The molecule has 0 spiro atoms. The summed E-state index contributed by atoms with van der Waals surface area (Å²) in [5, 5.41) is 9.72. The molecule has 0 fully saturated rings. The van der Waals surface area contributed by atoms with E-state index < -0.39 is 6.10 Å². The van der Waals surface area contributed by atoms with Crippen molar-refractivity contribution in [3.05, 3.63) is 0 Å². The smallest absolute Gasteiger partial charge is 0.306 e. The number of ether oxygens (including phenoxy) is 2. The van der Waals surface area contributed by atoms with E-state index in [4.69, 9.17) is 9.47 Å². The molecule has 5 heteroatoms. The van der Waals surface area contributed by atoms with Crippen molar-refractivity contribution in [2.45, 2.75) is 476 Å². The Labute approximate surface area is 522 Å². The molecule has 0 aromatic carbocycles. The number of carbonyl (C=O) groups excluding carboxylic acids is 2. The zero-order chi connectivity index (χ0) is 59.8. The topological polar surface area (TPSA) is 72.8 Å². The summed E-state index contributed by atoms with van der Waals surface area (Å²) in [5.74, 6) is -0.556. The molecule has 0 aromatic heterocycles. The van der Waals surface area contributed by atoms with E-state index in [2.05, 4.69) is 13.8 Å². The van der Waals surface area contributed by atoms with Gasteiger partial charge in [0.05, 0.1) is 6.61 Å². The van der Waals surface area contributed by atoms with Crippen molar-refractivity contribution in [1.82, 2.24) is 0 Å². The molecule has 1 unspecified atom stereocenters. The summed E-state index contributed by atoms with van der Waals surface area (Å²) in [6.45, 7) is 4.23. The normalized spacial score (nSPS) is 12.0. The highest BCUT2D eigenvalue weighted by Gasteiger charge is 2.16. The molecule has 0 rings (SSSR count). The summed E-state index contributed by atoms with van der Waals surface area (Å²) in [7, 11) is 0. The fourth-order valence-corrected chi connectivity index (χ4v) is 12.8. The van der Waals surface area contributed by atoms with Crippen LogP contribution in [0.5, 0.6) is 0 Å². The standard InChI is InChI=1S/C78H154O5/c1-3-5-7-9-11-13-15-17-19-21-23-25-27-29-31-33-34-35-36-37-38-39-40-41-42-43-45-47-49-51-53-55-57-59-61-63-65-67-69-71-73-78(81)83-76(74-79)75-82-77(80)72-70-68-66-64-62-60-58-56-54-52-50-48-46-44-32-30-28-26-24-22-20-18-16-14-12-10-8-6-4-2/h76,79H,3-75H2,1-2H3. The van der Waals surface area contributed by atoms with E-state index in [1.54, 1.807) is 0 Å². The number of rotatable bonds is 75. The molecule has 0 aliphatic carbocycles. The average molecular weight is 1170 g/mol. The largest absolute Gasteiger partial charge is 0.462 e. The molecule has 0 aliphatic rings. The first-order valence-electron chi connectivity index (χ1n) is 39.1. The van der Waals surface area contributed by atoms with Gasteiger partial charge in [-0.3, -0.25) is 9.59 Å². The predicted octanol–water partition coefficient (Wildman–Crippen LogP) is 27.2. The van der Waals surface area contributed by atoms with E-state index in [0.717, 1.165) is 32.1 Å². The van der Waals surface area contributed by atoms with Crippen LogP contribution in [0.2, 0.25) is 0 Å². The summed E-state index contributed by atoms with van der Waals surface area (Å²) in [6.07, 6.45) is 96.3. The molecule has 83 heavy (non-hydrogen) atoms. The van der Waals surface area contributed by atoms with E-state index in [1.807, 2.05) is 0 Å². The van der Waals surface area contributed by atoms with Gasteiger partial charge in [-0.2, -0.15) is 0 Å². The maximum absolute atomic E-state index is 12.4. The molecule has 0 saturated heterocycles. The number of unbranched alkanes of at least 4 members (excludes halogenated alkanes) is 67. The second-order valence-corrected chi connectivity index (χ2v) is 27.2. The highest BCUT2D eigenvalue weighted by Crippen LogP contribution is 2.21. The van der Waals surface area contributed by atoms with Gasteiger partial charge in [0.2, 0.25) is 0 Å². The summed E-state index contributed by atoms with van der Waals surface area (Å²) in [5.41, 5.74) is 0. The Hall–Kier alpha value is -1.10. The Morgan fingerprint density at radius 3 is 0.530 bits per heavy atom. The van der Waals surface area contributed by atoms with Crippen LogP contribution in [0.25, 0.3) is 0 Å². The fourth-order valence-electron chi connectivity index (χ4n) is 12.8. The molecule has 0 radical (unpaired) electrons. The second-order valence-electron chi connectivity index (χ2n) is 27.2. The zero-order valence-corrected chi connectivity index (χ0v) is 57.3. The Morgan fingerprint density at radius 2 is 0.373 bits per heavy atom. The number of hydrogen-bond donors (Lipinski definition) is 1. The monoisotopic (exact) mass is 1170 g/mol. The number of aliphatic hydroxyl groups excluding tert-OH is 1. The third kappa shape index (κ3) is 73.3. The van der Waals surface area contributed by atoms with Crippen molar-refractivity contribution in [3.8, 4) is 0 Å². The van der Waals surface area contributed by atoms with E-state index in [1.165, 1.54) is 411 Å². The quantitative estimate of drug-likeness (QED) is 0.0485. The van der Waals surface area contributed by atoms with Gasteiger partial charge in [0, 0.05) is 12.8 Å². The first-order valence-corrected chi connectivity index (χ1v) is 39.1. The van der Waals surface area contributed by atoms with Gasteiger partial charge in [0.15, 0.2) is 6.10 Å². The lowest BCUT2D eigenvalue weighted by Gasteiger charge is -2.15. The Kier molecular flexibility index (Phi) is 74.2. The zero-order valence-electron chi connectivity index (χ0n) is 57.3. The van der Waals surface area contributed by atoms with Crippen LogP contribution in [0.1, 0.15) is 470 Å². The molecule has 0 aliphatic heterocycles. The van der Waals surface area contributed by atoms with E-state index in [-0.39, 0.29) is 25.2 Å². The van der Waals surface area contributed by atoms with Gasteiger partial charge in [0.25, 0.3) is 0 Å². The molecule has 1 atom stereocenters. The van der Waals surface area contributed by atoms with Crippen LogP contribution < -0.4 is 0 Å². The van der Waals surface area contributed by atoms with Crippen molar-refractivity contribution >= 4 is 11.9 Å². The summed E-state index contributed by atoms with van der Waals surface area (Å²) in [4.78, 5) is 24.7. The van der Waals surface area contributed by atoms with Crippen LogP contribution in [0.15, 0.2) is 0 Å². The van der Waals surface area contributed by atoms with Crippen LogP contribution in [-0.2, 0) is 19.1 Å². The van der Waals surface area contributed by atoms with Crippen LogP contribution in [0.4, 0.5) is 0 Å². The summed E-state index contributed by atoms with van der Waals surface area (Å²) >= 11 is 0. The second kappa shape index (κ2) is 75.2. The van der Waals surface area contributed by atoms with Gasteiger partial charge in [-0.25, -0.2) is 0 Å². The van der Waals surface area contributed by atoms with E-state index >= 15 is 0 Å². The first-order chi connectivity index (χ1) is 41.1. The van der Waals surface area contributed by atoms with Gasteiger partial charge in [-0.15, -0.1) is 0 Å². The van der Waals surface area contributed by atoms with Crippen LogP contribution in [0.3, 0.4) is 0 Å². The minimum Gasteiger partial charge on any atom is -0.462 e. The van der Waals surface area contributed by atoms with Crippen LogP contribution in [-0.4, -0.2) is 36.4 Å². The SMILES string of the molecule is CCCCCCCCCCCCCCCCCCCCCCCCCCCCCCCCCCCCCCCCCCC(=O)OC(CO)COC(=O)CCCCCCCCCCCCCCCCCCCCCCCCCCCCCCC. The molecular weight excluding hydrogens is 1020 g/mol. The molecule has 0 bridgehead atoms. The predicted molar refractivity (Wildman–Crippen MR) is 367 cm³/mol. The van der Waals surface area contributed by atoms with E-state index in [9.17, 15) is 14.7 Å². The van der Waals surface area contributed by atoms with Crippen LogP contribution >= 0.6 is 0 Å². The minimum absolute atomic E-state index is 0.0552. The third-order valence-electron chi connectivity index (χ3n) is 18.7. The molecule has 0 saturated carbocycles. The molecular formula is C78H154O5. The number of esters is 2. The molecule has 5 nitrogen and oxygen atoms in total. The van der Waals surface area contributed by atoms with Crippen molar-refractivity contribution in [2.75, 3.05) is 13.2 Å². The Bertz CT molecular complexity index is 1190. The molecule has 0 amide bonds. The number of carbonyl (C=O) groups is 2. The van der Waals surface area contributed by atoms with Crippen LogP contribution in [0, 0.1) is 0 Å². The number of hydrogen-bond acceptors (Lipinski definition) is 5. The van der Waals surface area contributed by atoms with Gasteiger partial charge in [-0.1, -0.05) is 444 Å². The minimum atomic E-state index is -0.766. The summed E-state index contributed by atoms with van der Waals surface area (Å²) in [6, 6.07) is 0. The van der Waals surface area contributed by atoms with Crippen molar-refractivity contribution < 1.29 is 24.2 Å². The van der Waals surface area contributed by atoms with Crippen molar-refractivity contribution in [1.29, 1.82) is 0 Å². The Morgan fingerprint density at radius 1 is 0.229 bits per heavy atom. The van der Waals surface area contributed by atoms with Gasteiger partial charge >= 0.3 is 11.9 Å². The van der Waals surface area contributed by atoms with Crippen molar-refractivity contribution in [3.63, 3.8) is 0 Å². The molecule has 0 aromatic rings. The molecule has 0 heterocycles.